The molecular weight excluding hydrogens is 410 g/mol. The fourth-order valence-corrected chi connectivity index (χ4v) is 4.67. The molecule has 1 aromatic carbocycles. The van der Waals surface area contributed by atoms with Gasteiger partial charge in [-0.3, -0.25) is 4.79 Å². The van der Waals surface area contributed by atoms with Gasteiger partial charge in [-0.15, -0.1) is 0 Å². The van der Waals surface area contributed by atoms with Gasteiger partial charge in [-0.25, -0.2) is 13.2 Å². The lowest BCUT2D eigenvalue weighted by Gasteiger charge is -2.23. The van der Waals surface area contributed by atoms with Gasteiger partial charge in [-0.05, 0) is 30.5 Å². The highest BCUT2D eigenvalue weighted by atomic mass is 79.9. The SMILES string of the molecule is CC(C)[C@H](NC(=O)N[C@H]1CCS(=O)(=O)C1)C(=O)Nc1cccc(Br)c1. The van der Waals surface area contributed by atoms with E-state index in [2.05, 4.69) is 31.9 Å². The molecule has 2 rings (SSSR count). The Balaban J connectivity index is 1.95. The first kappa shape index (κ1) is 19.7. The molecule has 1 saturated heterocycles. The topological polar surface area (TPSA) is 104 Å². The Morgan fingerprint density at radius 2 is 2.00 bits per heavy atom. The molecule has 0 bridgehead atoms. The minimum Gasteiger partial charge on any atom is -0.334 e. The summed E-state index contributed by atoms with van der Waals surface area (Å²) in [6.07, 6.45) is 0.395. The minimum atomic E-state index is -3.07. The summed E-state index contributed by atoms with van der Waals surface area (Å²) in [5.41, 5.74) is 0.620. The Hall–Kier alpha value is -1.61. The maximum absolute atomic E-state index is 12.5. The molecule has 25 heavy (non-hydrogen) atoms. The molecule has 0 spiro atoms. The number of amides is 3. The fourth-order valence-electron chi connectivity index (χ4n) is 2.60. The normalized spacial score (nSPS) is 20.1. The van der Waals surface area contributed by atoms with E-state index in [1.165, 1.54) is 0 Å². The number of hydrogen-bond acceptors (Lipinski definition) is 4. The zero-order valence-electron chi connectivity index (χ0n) is 14.1. The Labute approximate surface area is 156 Å². The molecule has 0 unspecified atom stereocenters. The van der Waals surface area contributed by atoms with Gasteiger partial charge in [0.2, 0.25) is 5.91 Å². The van der Waals surface area contributed by atoms with E-state index in [1.54, 1.807) is 18.2 Å². The third-order valence-corrected chi connectivity index (χ3v) is 6.16. The number of carbonyl (C=O) groups is 2. The molecule has 0 aromatic heterocycles. The van der Waals surface area contributed by atoms with Crippen LogP contribution < -0.4 is 16.0 Å². The molecule has 1 aliphatic heterocycles. The second-order valence-electron chi connectivity index (χ2n) is 6.44. The highest BCUT2D eigenvalue weighted by Gasteiger charge is 2.30. The third-order valence-electron chi connectivity index (χ3n) is 3.90. The monoisotopic (exact) mass is 431 g/mol. The molecule has 1 fully saturated rings. The van der Waals surface area contributed by atoms with Crippen LogP contribution in [0, 0.1) is 5.92 Å². The second-order valence-corrected chi connectivity index (χ2v) is 9.58. The number of anilines is 1. The van der Waals surface area contributed by atoms with Gasteiger partial charge in [0.15, 0.2) is 9.84 Å². The second kappa shape index (κ2) is 8.18. The summed E-state index contributed by atoms with van der Waals surface area (Å²) < 4.78 is 23.7. The van der Waals surface area contributed by atoms with Gasteiger partial charge in [-0.1, -0.05) is 35.8 Å². The number of sulfone groups is 1. The van der Waals surface area contributed by atoms with E-state index in [4.69, 9.17) is 0 Å². The molecule has 3 N–H and O–H groups in total. The van der Waals surface area contributed by atoms with Crippen LogP contribution in [0.15, 0.2) is 28.7 Å². The largest absolute Gasteiger partial charge is 0.334 e. The number of carbonyl (C=O) groups excluding carboxylic acids is 2. The van der Waals surface area contributed by atoms with E-state index in [9.17, 15) is 18.0 Å². The molecular formula is C16H22BrN3O4S. The Bertz CT molecular complexity index is 752. The molecule has 1 heterocycles. The average Bonchev–Trinajstić information content (AvgIpc) is 2.83. The van der Waals surface area contributed by atoms with Crippen molar-refractivity contribution in [2.24, 2.45) is 5.92 Å². The third kappa shape index (κ3) is 6.00. The van der Waals surface area contributed by atoms with Crippen LogP contribution in [0.25, 0.3) is 0 Å². The highest BCUT2D eigenvalue weighted by molar-refractivity contribution is 9.10. The van der Waals surface area contributed by atoms with Gasteiger partial charge in [0, 0.05) is 16.2 Å². The summed E-state index contributed by atoms with van der Waals surface area (Å²) in [7, 11) is -3.07. The van der Waals surface area contributed by atoms with Crippen molar-refractivity contribution in [1.82, 2.24) is 10.6 Å². The molecule has 0 saturated carbocycles. The van der Waals surface area contributed by atoms with Crippen molar-refractivity contribution in [3.8, 4) is 0 Å². The molecule has 3 amide bonds. The number of rotatable bonds is 5. The maximum atomic E-state index is 12.5. The van der Waals surface area contributed by atoms with E-state index in [0.29, 0.717) is 12.1 Å². The molecule has 2 atom stereocenters. The van der Waals surface area contributed by atoms with Gasteiger partial charge in [0.1, 0.15) is 6.04 Å². The van der Waals surface area contributed by atoms with Crippen molar-refractivity contribution in [3.63, 3.8) is 0 Å². The van der Waals surface area contributed by atoms with Crippen LogP contribution in [-0.4, -0.2) is 43.9 Å². The van der Waals surface area contributed by atoms with Gasteiger partial charge in [0.05, 0.1) is 11.5 Å². The molecule has 0 aliphatic carbocycles. The Morgan fingerprint density at radius 3 is 2.56 bits per heavy atom. The van der Waals surface area contributed by atoms with Crippen LogP contribution in [0.4, 0.5) is 10.5 Å². The van der Waals surface area contributed by atoms with Gasteiger partial charge in [0.25, 0.3) is 0 Å². The molecule has 0 radical (unpaired) electrons. The van der Waals surface area contributed by atoms with E-state index in [1.807, 2.05) is 19.9 Å². The number of nitrogens with one attached hydrogen (secondary N) is 3. The van der Waals surface area contributed by atoms with Gasteiger partial charge >= 0.3 is 6.03 Å². The lowest BCUT2D eigenvalue weighted by molar-refractivity contribution is -0.118. The number of urea groups is 1. The summed E-state index contributed by atoms with van der Waals surface area (Å²) >= 11 is 3.34. The zero-order valence-corrected chi connectivity index (χ0v) is 16.5. The van der Waals surface area contributed by atoms with Gasteiger partial charge in [-0.2, -0.15) is 0 Å². The molecule has 7 nitrogen and oxygen atoms in total. The lowest BCUT2D eigenvalue weighted by atomic mass is 10.0. The summed E-state index contributed by atoms with van der Waals surface area (Å²) in [5.74, 6) is -0.445. The predicted octanol–water partition coefficient (Wildman–Crippen LogP) is 1.90. The van der Waals surface area contributed by atoms with Crippen LogP contribution in [0.2, 0.25) is 0 Å². The summed E-state index contributed by atoms with van der Waals surface area (Å²) in [4.78, 5) is 24.6. The minimum absolute atomic E-state index is 0.0585. The predicted molar refractivity (Wildman–Crippen MR) is 100 cm³/mol. The quantitative estimate of drug-likeness (QED) is 0.661. The smallest absolute Gasteiger partial charge is 0.315 e. The summed E-state index contributed by atoms with van der Waals surface area (Å²) in [6, 6.07) is 5.47. The van der Waals surface area contributed by atoms with E-state index < -0.39 is 28.0 Å². The van der Waals surface area contributed by atoms with Crippen molar-refractivity contribution >= 4 is 43.4 Å². The van der Waals surface area contributed by atoms with Crippen LogP contribution in [0.5, 0.6) is 0 Å². The van der Waals surface area contributed by atoms with Gasteiger partial charge < -0.3 is 16.0 Å². The Kier molecular flexibility index (Phi) is 6.45. The highest BCUT2D eigenvalue weighted by Crippen LogP contribution is 2.17. The van der Waals surface area contributed by atoms with Crippen LogP contribution in [-0.2, 0) is 14.6 Å². The number of hydrogen-bond donors (Lipinski definition) is 3. The van der Waals surface area contributed by atoms with Crippen molar-refractivity contribution in [2.75, 3.05) is 16.8 Å². The standard InChI is InChI=1S/C16H22BrN3O4S/c1-10(2)14(15(21)18-12-5-3-4-11(17)8-12)20-16(22)19-13-6-7-25(23,24)9-13/h3-5,8,10,13-14H,6-7,9H2,1-2H3,(H,18,21)(H2,19,20,22)/t13-,14-/m0/s1. The van der Waals surface area contributed by atoms with Crippen molar-refractivity contribution in [1.29, 1.82) is 0 Å². The van der Waals surface area contributed by atoms with Crippen molar-refractivity contribution < 1.29 is 18.0 Å². The first-order valence-electron chi connectivity index (χ1n) is 8.00. The van der Waals surface area contributed by atoms with Crippen LogP contribution in [0.1, 0.15) is 20.3 Å². The van der Waals surface area contributed by atoms with E-state index in [0.717, 1.165) is 4.47 Å². The average molecular weight is 432 g/mol. The van der Waals surface area contributed by atoms with E-state index in [-0.39, 0.29) is 23.3 Å². The number of halogens is 1. The molecule has 1 aliphatic rings. The van der Waals surface area contributed by atoms with Crippen molar-refractivity contribution in [3.05, 3.63) is 28.7 Å². The Morgan fingerprint density at radius 1 is 1.28 bits per heavy atom. The molecule has 9 heteroatoms. The zero-order chi connectivity index (χ0) is 18.6. The first-order valence-corrected chi connectivity index (χ1v) is 10.6. The molecule has 1 aromatic rings. The molecule has 138 valence electrons. The lowest BCUT2D eigenvalue weighted by Crippen LogP contribution is -2.52. The van der Waals surface area contributed by atoms with Crippen LogP contribution in [0.3, 0.4) is 0 Å². The first-order chi connectivity index (χ1) is 11.7. The van der Waals surface area contributed by atoms with Crippen LogP contribution >= 0.6 is 15.9 Å². The number of benzene rings is 1. The van der Waals surface area contributed by atoms with Crippen molar-refractivity contribution in [2.45, 2.75) is 32.4 Å². The fraction of sp³-hybridized carbons (Fsp3) is 0.500. The summed E-state index contributed by atoms with van der Waals surface area (Å²) in [6.45, 7) is 3.65. The van der Waals surface area contributed by atoms with E-state index >= 15 is 0 Å². The maximum Gasteiger partial charge on any atom is 0.315 e. The summed E-state index contributed by atoms with van der Waals surface area (Å²) in [5, 5.41) is 8.04.